The fourth-order valence-electron chi connectivity index (χ4n) is 4.58. The van der Waals surface area contributed by atoms with Crippen LogP contribution in [0.25, 0.3) is 17.1 Å². The Labute approximate surface area is 213 Å². The van der Waals surface area contributed by atoms with Crippen molar-refractivity contribution in [2.45, 2.75) is 26.3 Å². The molecule has 1 aliphatic heterocycles. The van der Waals surface area contributed by atoms with Gasteiger partial charge in [0.2, 0.25) is 17.6 Å². The van der Waals surface area contributed by atoms with Gasteiger partial charge in [-0.2, -0.15) is 4.98 Å². The summed E-state index contributed by atoms with van der Waals surface area (Å²) < 4.78 is 8.77. The van der Waals surface area contributed by atoms with Crippen LogP contribution >= 0.6 is 11.6 Å². The Hall–Kier alpha value is -3.69. The van der Waals surface area contributed by atoms with Crippen molar-refractivity contribution >= 4 is 23.2 Å². The smallest absolute Gasteiger partial charge is 0.295 e. The first-order chi connectivity index (χ1) is 17.4. The molecule has 10 heteroatoms. The molecule has 1 aliphatic rings. The third-order valence-electron chi connectivity index (χ3n) is 6.61. The van der Waals surface area contributed by atoms with Crippen molar-refractivity contribution in [2.24, 2.45) is 13.0 Å². The van der Waals surface area contributed by atoms with Gasteiger partial charge in [0.05, 0.1) is 23.8 Å². The molecule has 9 nitrogen and oxygen atoms in total. The molecule has 0 spiro atoms. The summed E-state index contributed by atoms with van der Waals surface area (Å²) in [6.07, 6.45) is 1.61. The van der Waals surface area contributed by atoms with Gasteiger partial charge in [0.15, 0.2) is 0 Å². The Kier molecular flexibility index (Phi) is 6.75. The summed E-state index contributed by atoms with van der Waals surface area (Å²) in [7, 11) is 1.81. The summed E-state index contributed by atoms with van der Waals surface area (Å²) in [4.78, 5) is 33.0. The van der Waals surface area contributed by atoms with E-state index in [1.807, 2.05) is 56.4 Å². The Morgan fingerprint density at radius 2 is 1.92 bits per heavy atom. The zero-order valence-electron chi connectivity index (χ0n) is 20.1. The average Bonchev–Trinajstić information content (AvgIpc) is 3.43. The van der Waals surface area contributed by atoms with Crippen molar-refractivity contribution in [2.75, 3.05) is 18.4 Å². The number of amides is 1. The number of para-hydroxylation sites is 1. The highest BCUT2D eigenvalue weighted by molar-refractivity contribution is 6.30. The van der Waals surface area contributed by atoms with E-state index in [1.54, 1.807) is 21.5 Å². The number of halogens is 1. The van der Waals surface area contributed by atoms with E-state index in [0.717, 1.165) is 30.6 Å². The average molecular weight is 507 g/mol. The number of nitrogens with one attached hydrogen (secondary N) is 1. The third kappa shape index (κ3) is 4.84. The van der Waals surface area contributed by atoms with Crippen LogP contribution in [0.1, 0.15) is 24.4 Å². The molecule has 5 rings (SSSR count). The predicted molar refractivity (Wildman–Crippen MR) is 137 cm³/mol. The first kappa shape index (κ1) is 24.0. The predicted octanol–water partition coefficient (Wildman–Crippen LogP) is 4.04. The number of benzene rings is 2. The maximum absolute atomic E-state index is 13.2. The minimum absolute atomic E-state index is 0.155. The van der Waals surface area contributed by atoms with Crippen molar-refractivity contribution in [1.82, 2.24) is 24.4 Å². The van der Waals surface area contributed by atoms with Crippen LogP contribution in [0.5, 0.6) is 0 Å². The zero-order valence-corrected chi connectivity index (χ0v) is 20.9. The van der Waals surface area contributed by atoms with Crippen LogP contribution in [-0.4, -0.2) is 43.4 Å². The number of anilines is 1. The van der Waals surface area contributed by atoms with Crippen LogP contribution in [0, 0.1) is 12.8 Å². The Morgan fingerprint density at radius 3 is 2.67 bits per heavy atom. The Balaban J connectivity index is 1.26. The van der Waals surface area contributed by atoms with E-state index >= 15 is 0 Å². The normalized spacial score (nSPS) is 16.2. The number of hydrogen-bond donors (Lipinski definition) is 1. The van der Waals surface area contributed by atoms with Gasteiger partial charge in [-0.05, 0) is 62.7 Å². The largest absolute Gasteiger partial charge is 0.338 e. The topological polar surface area (TPSA) is 98.2 Å². The van der Waals surface area contributed by atoms with Crippen LogP contribution in [0.2, 0.25) is 5.02 Å². The molecule has 2 aromatic heterocycles. The maximum atomic E-state index is 13.2. The lowest BCUT2D eigenvalue weighted by atomic mass is 9.97. The van der Waals surface area contributed by atoms with Crippen LogP contribution in [0.3, 0.4) is 0 Å². The van der Waals surface area contributed by atoms with Crippen molar-refractivity contribution in [3.8, 4) is 17.1 Å². The Morgan fingerprint density at radius 1 is 1.17 bits per heavy atom. The standard InChI is InChI=1S/C26H27ClN6O3/c1-17-23(26(35)33(31(17)2)21-8-4-3-5-9-21)29-25(34)19-7-6-14-32(15-19)16-22-28-24(30-36-22)18-10-12-20(27)13-11-18/h3-5,8-13,19H,6-7,14-16H2,1-2H3,(H,29,34). The molecule has 36 heavy (non-hydrogen) atoms. The molecule has 1 atom stereocenters. The summed E-state index contributed by atoms with van der Waals surface area (Å²) >= 11 is 5.95. The van der Waals surface area contributed by atoms with E-state index in [4.69, 9.17) is 16.1 Å². The van der Waals surface area contributed by atoms with Gasteiger partial charge in [-0.25, -0.2) is 4.68 Å². The van der Waals surface area contributed by atoms with Gasteiger partial charge < -0.3 is 9.84 Å². The highest BCUT2D eigenvalue weighted by atomic mass is 35.5. The van der Waals surface area contributed by atoms with E-state index in [0.29, 0.717) is 41.2 Å². The molecule has 0 radical (unpaired) electrons. The highest BCUT2D eigenvalue weighted by Gasteiger charge is 2.29. The zero-order chi connectivity index (χ0) is 25.2. The van der Waals surface area contributed by atoms with Crippen molar-refractivity contribution in [3.05, 3.63) is 81.6 Å². The Bertz CT molecular complexity index is 1420. The minimum atomic E-state index is -0.249. The number of carbonyl (C=O) groups is 1. The molecule has 0 saturated carbocycles. The van der Waals surface area contributed by atoms with Gasteiger partial charge >= 0.3 is 0 Å². The first-order valence-corrected chi connectivity index (χ1v) is 12.2. The van der Waals surface area contributed by atoms with Gasteiger partial charge in [0, 0.05) is 24.2 Å². The monoisotopic (exact) mass is 506 g/mol. The van der Waals surface area contributed by atoms with Crippen LogP contribution in [0.15, 0.2) is 63.9 Å². The summed E-state index contributed by atoms with van der Waals surface area (Å²) in [6, 6.07) is 16.6. The molecule has 2 aromatic carbocycles. The molecule has 3 heterocycles. The van der Waals surface area contributed by atoms with Crippen LogP contribution in [-0.2, 0) is 18.4 Å². The number of likely N-dealkylation sites (tertiary alicyclic amines) is 1. The van der Waals surface area contributed by atoms with E-state index in [-0.39, 0.29) is 17.4 Å². The fourth-order valence-corrected chi connectivity index (χ4v) is 4.70. The highest BCUT2D eigenvalue weighted by Crippen LogP contribution is 2.23. The van der Waals surface area contributed by atoms with Crippen molar-refractivity contribution in [1.29, 1.82) is 0 Å². The van der Waals surface area contributed by atoms with E-state index < -0.39 is 0 Å². The number of carbonyl (C=O) groups excluding carboxylic acids is 1. The van der Waals surface area contributed by atoms with Crippen LogP contribution < -0.4 is 10.9 Å². The minimum Gasteiger partial charge on any atom is -0.338 e. The quantitative estimate of drug-likeness (QED) is 0.424. The molecule has 0 bridgehead atoms. The van der Waals surface area contributed by atoms with Crippen LogP contribution in [0.4, 0.5) is 5.69 Å². The summed E-state index contributed by atoms with van der Waals surface area (Å²) in [6.45, 7) is 3.66. The fraction of sp³-hybridized carbons (Fsp3) is 0.308. The first-order valence-electron chi connectivity index (χ1n) is 11.9. The SMILES string of the molecule is Cc1c(NC(=O)C2CCCN(Cc3nc(-c4ccc(Cl)cc4)no3)C2)c(=O)n(-c2ccccc2)n1C. The summed E-state index contributed by atoms with van der Waals surface area (Å²) in [5.41, 5.74) is 2.33. The molecular formula is C26H27ClN6O3. The third-order valence-corrected chi connectivity index (χ3v) is 6.86. The number of aromatic nitrogens is 4. The number of piperidine rings is 1. The van der Waals surface area contributed by atoms with Gasteiger partial charge in [-0.1, -0.05) is 35.0 Å². The lowest BCUT2D eigenvalue weighted by Crippen LogP contribution is -2.40. The summed E-state index contributed by atoms with van der Waals surface area (Å²) in [5, 5.41) is 7.63. The number of rotatable bonds is 6. The molecule has 1 fully saturated rings. The van der Waals surface area contributed by atoms with Gasteiger partial charge in [-0.3, -0.25) is 19.2 Å². The lowest BCUT2D eigenvalue weighted by Gasteiger charge is -2.30. The van der Waals surface area contributed by atoms with Gasteiger partial charge in [0.25, 0.3) is 5.56 Å². The van der Waals surface area contributed by atoms with E-state index in [2.05, 4.69) is 20.4 Å². The summed E-state index contributed by atoms with van der Waals surface area (Å²) in [5.74, 6) is 0.590. The number of hydrogen-bond acceptors (Lipinski definition) is 6. The molecule has 186 valence electrons. The lowest BCUT2D eigenvalue weighted by molar-refractivity contribution is -0.121. The molecule has 4 aromatic rings. The molecule has 1 amide bonds. The molecule has 1 unspecified atom stereocenters. The molecule has 1 N–H and O–H groups in total. The second-order valence-electron chi connectivity index (χ2n) is 9.02. The van der Waals surface area contributed by atoms with E-state index in [1.165, 1.54) is 0 Å². The van der Waals surface area contributed by atoms with E-state index in [9.17, 15) is 9.59 Å². The van der Waals surface area contributed by atoms with Gasteiger partial charge in [-0.15, -0.1) is 0 Å². The second-order valence-corrected chi connectivity index (χ2v) is 9.46. The number of nitrogens with zero attached hydrogens (tertiary/aromatic N) is 5. The van der Waals surface area contributed by atoms with Gasteiger partial charge in [0.1, 0.15) is 5.69 Å². The van der Waals surface area contributed by atoms with Crippen molar-refractivity contribution < 1.29 is 9.32 Å². The molecule has 1 saturated heterocycles. The second kappa shape index (κ2) is 10.1. The molecule has 0 aliphatic carbocycles. The van der Waals surface area contributed by atoms with Crippen molar-refractivity contribution in [3.63, 3.8) is 0 Å². The molecular weight excluding hydrogens is 480 g/mol. The maximum Gasteiger partial charge on any atom is 0.295 e.